The number of aryl methyl sites for hydroxylation is 1. The molecule has 0 bridgehead atoms. The van der Waals surface area contributed by atoms with Crippen molar-refractivity contribution in [2.75, 3.05) is 0 Å². The third-order valence-electron chi connectivity index (χ3n) is 3.15. The summed E-state index contributed by atoms with van der Waals surface area (Å²) in [6, 6.07) is 5.81. The van der Waals surface area contributed by atoms with Crippen molar-refractivity contribution >= 4 is 28.5 Å². The maximum absolute atomic E-state index is 11.0. The highest BCUT2D eigenvalue weighted by Crippen LogP contribution is 2.29. The summed E-state index contributed by atoms with van der Waals surface area (Å²) in [6.07, 6.45) is 0. The molecule has 1 aromatic carbocycles. The van der Waals surface area contributed by atoms with Crippen molar-refractivity contribution in [2.45, 2.75) is 33.9 Å². The first-order valence-electron chi connectivity index (χ1n) is 5.95. The average molecular weight is 266 g/mol. The van der Waals surface area contributed by atoms with Crippen LogP contribution >= 0.6 is 11.6 Å². The van der Waals surface area contributed by atoms with E-state index in [9.17, 15) is 4.79 Å². The molecule has 1 heterocycles. The van der Waals surface area contributed by atoms with Crippen LogP contribution in [0.1, 0.15) is 25.1 Å². The lowest BCUT2D eigenvalue weighted by molar-refractivity contribution is -0.142. The zero-order chi connectivity index (χ0) is 13.3. The summed E-state index contributed by atoms with van der Waals surface area (Å²) < 4.78 is 7.32. The van der Waals surface area contributed by atoms with Crippen molar-refractivity contribution in [3.05, 3.63) is 34.5 Å². The van der Waals surface area contributed by atoms with E-state index in [4.69, 9.17) is 16.3 Å². The first kappa shape index (κ1) is 13.0. The summed E-state index contributed by atoms with van der Waals surface area (Å²) in [5, 5.41) is 1.75. The summed E-state index contributed by atoms with van der Waals surface area (Å²) in [5.74, 6) is -0.270. The highest BCUT2D eigenvalue weighted by molar-refractivity contribution is 6.31. The molecular formula is C14H16ClNO2. The lowest BCUT2D eigenvalue weighted by Gasteiger charge is -2.05. The maximum atomic E-state index is 11.0. The van der Waals surface area contributed by atoms with Crippen molar-refractivity contribution in [3.8, 4) is 0 Å². The fourth-order valence-corrected chi connectivity index (χ4v) is 2.46. The highest BCUT2D eigenvalue weighted by Gasteiger charge is 2.14. The molecule has 0 radical (unpaired) electrons. The van der Waals surface area contributed by atoms with Gasteiger partial charge in [-0.3, -0.25) is 4.79 Å². The number of esters is 1. The first-order chi connectivity index (χ1) is 8.54. The average Bonchev–Trinajstić information content (AvgIpc) is 2.57. The second kappa shape index (κ2) is 5.02. The van der Waals surface area contributed by atoms with Crippen LogP contribution in [0.2, 0.25) is 5.02 Å². The fraction of sp³-hybridized carbons (Fsp3) is 0.357. The Bertz CT molecular complexity index is 601. The quantitative estimate of drug-likeness (QED) is 0.793. The van der Waals surface area contributed by atoms with Crippen LogP contribution in [-0.4, -0.2) is 10.5 Å². The monoisotopic (exact) mass is 265 g/mol. The minimum atomic E-state index is -0.270. The molecule has 0 saturated carbocycles. The van der Waals surface area contributed by atoms with Gasteiger partial charge in [-0.25, -0.2) is 0 Å². The number of rotatable bonds is 3. The number of hydrogen-bond acceptors (Lipinski definition) is 2. The van der Waals surface area contributed by atoms with Crippen molar-refractivity contribution in [1.82, 2.24) is 4.57 Å². The summed E-state index contributed by atoms with van der Waals surface area (Å²) in [6.45, 7) is 6.73. The van der Waals surface area contributed by atoms with Gasteiger partial charge in [-0.2, -0.15) is 0 Å². The van der Waals surface area contributed by atoms with Gasteiger partial charge in [0, 0.05) is 40.7 Å². The zero-order valence-electron chi connectivity index (χ0n) is 10.8. The lowest BCUT2D eigenvalue weighted by atomic mass is 10.1. The largest absolute Gasteiger partial charge is 0.461 e. The molecule has 0 saturated heterocycles. The molecule has 4 heteroatoms. The van der Waals surface area contributed by atoms with Crippen molar-refractivity contribution < 1.29 is 9.53 Å². The Morgan fingerprint density at radius 3 is 2.78 bits per heavy atom. The van der Waals surface area contributed by atoms with Crippen LogP contribution < -0.4 is 0 Å². The number of halogens is 1. The topological polar surface area (TPSA) is 31.2 Å². The summed E-state index contributed by atoms with van der Waals surface area (Å²) in [7, 11) is 0. The molecule has 0 aliphatic rings. The highest BCUT2D eigenvalue weighted by atomic mass is 35.5. The van der Waals surface area contributed by atoms with Crippen LogP contribution in [0, 0.1) is 6.92 Å². The van der Waals surface area contributed by atoms with E-state index in [-0.39, 0.29) is 5.97 Å². The van der Waals surface area contributed by atoms with Crippen LogP contribution in [0.5, 0.6) is 0 Å². The van der Waals surface area contributed by atoms with Gasteiger partial charge in [0.15, 0.2) is 0 Å². The fourth-order valence-electron chi connectivity index (χ4n) is 2.29. The van der Waals surface area contributed by atoms with Gasteiger partial charge in [-0.1, -0.05) is 11.6 Å². The smallest absolute Gasteiger partial charge is 0.302 e. The first-order valence-corrected chi connectivity index (χ1v) is 6.33. The van der Waals surface area contributed by atoms with Gasteiger partial charge in [0.05, 0.1) is 0 Å². The molecular weight excluding hydrogens is 250 g/mol. The van der Waals surface area contributed by atoms with E-state index in [1.165, 1.54) is 6.92 Å². The molecule has 0 N–H and O–H groups in total. The molecule has 96 valence electrons. The van der Waals surface area contributed by atoms with Gasteiger partial charge >= 0.3 is 5.97 Å². The molecule has 3 nitrogen and oxygen atoms in total. The van der Waals surface area contributed by atoms with E-state index in [0.29, 0.717) is 11.6 Å². The number of carbonyl (C=O) groups is 1. The number of nitrogens with zero attached hydrogens (tertiary/aromatic N) is 1. The molecule has 2 aromatic rings. The Balaban J connectivity index is 2.59. The van der Waals surface area contributed by atoms with Gasteiger partial charge in [0.2, 0.25) is 0 Å². The van der Waals surface area contributed by atoms with Gasteiger partial charge in [0.1, 0.15) is 6.61 Å². The van der Waals surface area contributed by atoms with Crippen LogP contribution in [0.15, 0.2) is 18.2 Å². The molecule has 0 unspecified atom stereocenters. The Hall–Kier alpha value is -1.48. The maximum Gasteiger partial charge on any atom is 0.302 e. The van der Waals surface area contributed by atoms with Crippen LogP contribution in [0.4, 0.5) is 0 Å². The molecule has 0 aliphatic heterocycles. The number of benzene rings is 1. The third kappa shape index (κ3) is 2.23. The second-order valence-electron chi connectivity index (χ2n) is 4.25. The molecule has 1 aromatic heterocycles. The van der Waals surface area contributed by atoms with Crippen LogP contribution in [0.3, 0.4) is 0 Å². The Morgan fingerprint density at radius 2 is 2.17 bits per heavy atom. The molecule has 0 spiro atoms. The van der Waals surface area contributed by atoms with E-state index in [1.54, 1.807) is 0 Å². The number of aromatic nitrogens is 1. The van der Waals surface area contributed by atoms with Gasteiger partial charge < -0.3 is 9.30 Å². The molecule has 0 atom stereocenters. The van der Waals surface area contributed by atoms with Crippen LogP contribution in [-0.2, 0) is 22.7 Å². The standard InChI is InChI=1S/C14H16ClNO2/c1-4-16-9(2)13(8-18-10(3)17)12-7-11(15)5-6-14(12)16/h5-7H,4,8H2,1-3H3. The van der Waals surface area contributed by atoms with E-state index < -0.39 is 0 Å². The number of ether oxygens (including phenoxy) is 1. The normalized spacial score (nSPS) is 10.9. The Labute approximate surface area is 111 Å². The third-order valence-corrected chi connectivity index (χ3v) is 3.39. The van der Waals surface area contributed by atoms with Crippen molar-refractivity contribution in [3.63, 3.8) is 0 Å². The predicted octanol–water partition coefficient (Wildman–Crippen LogP) is 3.69. The van der Waals surface area contributed by atoms with E-state index in [2.05, 4.69) is 11.5 Å². The molecule has 0 aliphatic carbocycles. The summed E-state index contributed by atoms with van der Waals surface area (Å²) in [5.41, 5.74) is 3.28. The summed E-state index contributed by atoms with van der Waals surface area (Å²) >= 11 is 6.04. The number of hydrogen-bond donors (Lipinski definition) is 0. The van der Waals surface area contributed by atoms with Crippen molar-refractivity contribution in [2.24, 2.45) is 0 Å². The second-order valence-corrected chi connectivity index (χ2v) is 4.69. The van der Waals surface area contributed by atoms with Crippen molar-refractivity contribution in [1.29, 1.82) is 0 Å². The summed E-state index contributed by atoms with van der Waals surface area (Å²) in [4.78, 5) is 11.0. The minimum absolute atomic E-state index is 0.270. The number of carbonyl (C=O) groups excluding carboxylic acids is 1. The van der Waals surface area contributed by atoms with E-state index >= 15 is 0 Å². The Morgan fingerprint density at radius 1 is 1.44 bits per heavy atom. The molecule has 18 heavy (non-hydrogen) atoms. The van der Waals surface area contributed by atoms with Crippen LogP contribution in [0.25, 0.3) is 10.9 Å². The molecule has 0 amide bonds. The lowest BCUT2D eigenvalue weighted by Crippen LogP contribution is -2.01. The zero-order valence-corrected chi connectivity index (χ0v) is 11.5. The van der Waals surface area contributed by atoms with Gasteiger partial charge in [0.25, 0.3) is 0 Å². The minimum Gasteiger partial charge on any atom is -0.461 e. The van der Waals surface area contributed by atoms with Gasteiger partial charge in [-0.15, -0.1) is 0 Å². The molecule has 0 fully saturated rings. The predicted molar refractivity (Wildman–Crippen MR) is 72.8 cm³/mol. The molecule has 2 rings (SSSR count). The SMILES string of the molecule is CCn1c(C)c(COC(C)=O)c2cc(Cl)ccc21. The van der Waals surface area contributed by atoms with E-state index in [0.717, 1.165) is 28.7 Å². The van der Waals surface area contributed by atoms with E-state index in [1.807, 2.05) is 25.1 Å². The number of fused-ring (bicyclic) bond motifs is 1. The van der Waals surface area contributed by atoms with Gasteiger partial charge in [-0.05, 0) is 32.0 Å². The Kier molecular flexibility index (Phi) is 3.62.